The van der Waals surface area contributed by atoms with E-state index in [-0.39, 0.29) is 43.8 Å². The highest BCUT2D eigenvalue weighted by Gasteiger charge is 2.33. The highest BCUT2D eigenvalue weighted by molar-refractivity contribution is 5.96. The molecule has 0 rings (SSSR count). The van der Waals surface area contributed by atoms with Gasteiger partial charge in [-0.3, -0.25) is 24.0 Å². The van der Waals surface area contributed by atoms with E-state index in [9.17, 15) is 33.9 Å². The van der Waals surface area contributed by atoms with Crippen molar-refractivity contribution in [2.45, 2.75) is 104 Å². The van der Waals surface area contributed by atoms with Crippen molar-refractivity contribution in [2.24, 2.45) is 0 Å². The minimum atomic E-state index is -1.35. The van der Waals surface area contributed by atoms with E-state index in [1.165, 1.54) is 33.8 Å². The van der Waals surface area contributed by atoms with Crippen LogP contribution in [-0.2, 0) is 28.8 Å². The predicted octanol–water partition coefficient (Wildman–Crippen LogP) is 0.443. The van der Waals surface area contributed by atoms with Gasteiger partial charge >= 0.3 is 0 Å². The number of allylic oxidation sites excluding steroid dienone is 1. The zero-order valence-electron chi connectivity index (χ0n) is 22.2. The summed E-state index contributed by atoms with van der Waals surface area (Å²) in [5.41, 5.74) is -1.35. The molecule has 0 fully saturated rings. The van der Waals surface area contributed by atoms with Crippen LogP contribution in [0.5, 0.6) is 0 Å². The normalized spacial score (nSPS) is 13.9. The van der Waals surface area contributed by atoms with E-state index < -0.39 is 47.4 Å². The molecule has 0 spiro atoms. The first-order valence-electron chi connectivity index (χ1n) is 12.3. The summed E-state index contributed by atoms with van der Waals surface area (Å²) in [4.78, 5) is 73.0. The number of hydrogen-bond acceptors (Lipinski definition) is 7. The van der Waals surface area contributed by atoms with Gasteiger partial charge in [0, 0.05) is 6.42 Å². The minimum Gasteiger partial charge on any atom is -0.389 e. The van der Waals surface area contributed by atoms with E-state index in [0.29, 0.717) is 0 Å². The molecule has 0 unspecified atom stereocenters. The van der Waals surface area contributed by atoms with Crippen molar-refractivity contribution >= 4 is 35.2 Å². The van der Waals surface area contributed by atoms with Gasteiger partial charge in [-0.15, -0.1) is 0 Å². The Morgan fingerprint density at radius 3 is 2.08 bits per heavy atom. The van der Waals surface area contributed by atoms with Crippen LogP contribution in [0.1, 0.15) is 80.1 Å². The molecule has 0 aromatic rings. The van der Waals surface area contributed by atoms with E-state index in [1.54, 1.807) is 13.0 Å². The molecule has 11 nitrogen and oxygen atoms in total. The molecule has 36 heavy (non-hydrogen) atoms. The third-order valence-electron chi connectivity index (χ3n) is 5.19. The minimum absolute atomic E-state index is 0.0195. The van der Waals surface area contributed by atoms with Gasteiger partial charge in [-0.2, -0.15) is 0 Å². The van der Waals surface area contributed by atoms with Crippen LogP contribution >= 0.6 is 0 Å². The number of aliphatic hydroxyl groups excluding tert-OH is 1. The number of nitrogens with one attached hydrogen (secondary N) is 4. The quantitative estimate of drug-likeness (QED) is 0.177. The second-order valence-electron chi connectivity index (χ2n) is 9.32. The number of ketones is 2. The fourth-order valence-corrected chi connectivity index (χ4v) is 3.05. The van der Waals surface area contributed by atoms with Gasteiger partial charge in [0.1, 0.15) is 29.2 Å². The summed E-state index contributed by atoms with van der Waals surface area (Å²) in [5, 5.41) is 20.1. The topological polar surface area (TPSA) is 171 Å². The molecule has 5 N–H and O–H groups in total. The van der Waals surface area contributed by atoms with Crippen molar-refractivity contribution in [1.29, 1.82) is 0 Å². The summed E-state index contributed by atoms with van der Waals surface area (Å²) in [7, 11) is 0. The van der Waals surface area contributed by atoms with E-state index in [1.807, 2.05) is 6.92 Å². The van der Waals surface area contributed by atoms with Crippen molar-refractivity contribution in [3.05, 3.63) is 12.2 Å². The molecule has 0 aliphatic carbocycles. The van der Waals surface area contributed by atoms with Crippen LogP contribution in [0, 0.1) is 0 Å². The summed E-state index contributed by atoms with van der Waals surface area (Å²) >= 11 is 0. The number of unbranched alkanes of at least 4 members (excludes halogenated alkanes) is 1. The van der Waals surface area contributed by atoms with E-state index in [2.05, 4.69) is 21.3 Å². The molecule has 3 atom stereocenters. The Morgan fingerprint density at radius 1 is 0.917 bits per heavy atom. The fraction of sp³-hybridized carbons (Fsp3) is 0.680. The maximum Gasteiger partial charge on any atom is 0.245 e. The lowest BCUT2D eigenvalue weighted by atomic mass is 10.0. The van der Waals surface area contributed by atoms with Gasteiger partial charge in [0.25, 0.3) is 0 Å². The number of carbonyl (C=O) groups is 6. The van der Waals surface area contributed by atoms with Crippen LogP contribution in [0.4, 0.5) is 0 Å². The molecule has 0 aromatic carbocycles. The standard InChI is InChI=1S/C25H42N4O7/c1-7-9-10-11-18(32)14-21(33)27-20(13-12-16(3)30)22(34)28-19(8-2)23(35)29-25(5,6)24(36)26-15-17(4)31/h10-11,18-20,32H,7-9,12-15H2,1-6H3,(H,26,36)(H,27,33)(H,28,34)(H,29,35)/b11-10+/t18-,19-,20-/m1/s1. The van der Waals surface area contributed by atoms with Crippen LogP contribution in [0.2, 0.25) is 0 Å². The zero-order valence-corrected chi connectivity index (χ0v) is 22.2. The first-order valence-corrected chi connectivity index (χ1v) is 12.3. The Kier molecular flexibility index (Phi) is 15.1. The van der Waals surface area contributed by atoms with Crippen molar-refractivity contribution < 1.29 is 33.9 Å². The number of carbonyl (C=O) groups excluding carboxylic acids is 6. The summed E-state index contributed by atoms with van der Waals surface area (Å²) in [6.07, 6.45) is 3.91. The molecule has 0 saturated heterocycles. The number of aliphatic hydroxyl groups is 1. The molecule has 204 valence electrons. The van der Waals surface area contributed by atoms with Crippen LogP contribution < -0.4 is 21.3 Å². The number of rotatable bonds is 17. The molecule has 0 aliphatic rings. The van der Waals surface area contributed by atoms with Gasteiger partial charge in [-0.05, 0) is 47.0 Å². The molecule has 0 aromatic heterocycles. The van der Waals surface area contributed by atoms with Crippen LogP contribution in [-0.4, -0.2) is 70.6 Å². The summed E-state index contributed by atoms with van der Waals surface area (Å²) in [5.74, 6) is -2.85. The van der Waals surface area contributed by atoms with Gasteiger partial charge in [0.05, 0.1) is 19.1 Å². The Labute approximate surface area is 213 Å². The highest BCUT2D eigenvalue weighted by Crippen LogP contribution is 2.07. The van der Waals surface area contributed by atoms with Crippen molar-refractivity contribution in [2.75, 3.05) is 6.54 Å². The van der Waals surface area contributed by atoms with Gasteiger partial charge in [-0.25, -0.2) is 0 Å². The largest absolute Gasteiger partial charge is 0.389 e. The van der Waals surface area contributed by atoms with Crippen LogP contribution in [0.15, 0.2) is 12.2 Å². The Bertz CT molecular complexity index is 823. The Hall–Kier alpha value is -3.08. The summed E-state index contributed by atoms with van der Waals surface area (Å²) in [6.45, 7) is 9.08. The van der Waals surface area contributed by atoms with E-state index in [0.717, 1.165) is 12.8 Å². The molecule has 4 amide bonds. The van der Waals surface area contributed by atoms with Gasteiger partial charge in [0.2, 0.25) is 23.6 Å². The Balaban J connectivity index is 5.27. The van der Waals surface area contributed by atoms with Gasteiger partial charge < -0.3 is 31.2 Å². The molecule has 0 radical (unpaired) electrons. The van der Waals surface area contributed by atoms with Crippen molar-refractivity contribution in [3.8, 4) is 0 Å². The molecule has 0 saturated carbocycles. The predicted molar refractivity (Wildman–Crippen MR) is 135 cm³/mol. The summed E-state index contributed by atoms with van der Waals surface area (Å²) in [6, 6.07) is -2.11. The smallest absolute Gasteiger partial charge is 0.245 e. The molecule has 11 heteroatoms. The molecular formula is C25H42N4O7. The van der Waals surface area contributed by atoms with Crippen molar-refractivity contribution in [3.63, 3.8) is 0 Å². The van der Waals surface area contributed by atoms with E-state index >= 15 is 0 Å². The number of amides is 4. The second-order valence-corrected chi connectivity index (χ2v) is 9.32. The molecule has 0 bridgehead atoms. The van der Waals surface area contributed by atoms with Gasteiger partial charge in [0.15, 0.2) is 0 Å². The first-order chi connectivity index (χ1) is 16.7. The fourth-order valence-electron chi connectivity index (χ4n) is 3.05. The van der Waals surface area contributed by atoms with Crippen molar-refractivity contribution in [1.82, 2.24) is 21.3 Å². The average Bonchev–Trinajstić information content (AvgIpc) is 2.77. The van der Waals surface area contributed by atoms with Crippen LogP contribution in [0.25, 0.3) is 0 Å². The first kappa shape index (κ1) is 32.9. The maximum atomic E-state index is 12.9. The summed E-state index contributed by atoms with van der Waals surface area (Å²) < 4.78 is 0. The number of hydrogen-bond donors (Lipinski definition) is 5. The average molecular weight is 511 g/mol. The van der Waals surface area contributed by atoms with Gasteiger partial charge in [-0.1, -0.05) is 32.4 Å². The SMILES string of the molecule is CCC/C=C/[C@@H](O)CC(=O)N[C@H](CCC(C)=O)C(=O)N[C@H](CC)C(=O)NC(C)(C)C(=O)NCC(C)=O. The lowest BCUT2D eigenvalue weighted by molar-refractivity contribution is -0.136. The van der Waals surface area contributed by atoms with Crippen LogP contribution in [0.3, 0.4) is 0 Å². The zero-order chi connectivity index (χ0) is 27.9. The third-order valence-corrected chi connectivity index (χ3v) is 5.19. The lowest BCUT2D eigenvalue weighted by Crippen LogP contribution is -2.60. The molecule has 0 aliphatic heterocycles. The molecule has 0 heterocycles. The maximum absolute atomic E-state index is 12.9. The third kappa shape index (κ3) is 13.7. The van der Waals surface area contributed by atoms with E-state index in [4.69, 9.17) is 0 Å². The number of Topliss-reactive ketones (excluding diaryl/α,β-unsaturated/α-hetero) is 2. The molecular weight excluding hydrogens is 468 g/mol. The highest BCUT2D eigenvalue weighted by atomic mass is 16.3. The second kappa shape index (κ2) is 16.6. The Morgan fingerprint density at radius 2 is 1.56 bits per heavy atom. The monoisotopic (exact) mass is 510 g/mol. The lowest BCUT2D eigenvalue weighted by Gasteiger charge is -2.28.